The molecule has 1 unspecified atom stereocenters. The maximum atomic E-state index is 13.9. The van der Waals surface area contributed by atoms with Gasteiger partial charge in [-0.25, -0.2) is 22.3 Å². The van der Waals surface area contributed by atoms with E-state index < -0.39 is 33.1 Å². The summed E-state index contributed by atoms with van der Waals surface area (Å²) in [6.45, 7) is 2.59. The van der Waals surface area contributed by atoms with Crippen molar-refractivity contribution in [3.8, 4) is 5.75 Å². The van der Waals surface area contributed by atoms with Gasteiger partial charge < -0.3 is 9.30 Å². The average molecular weight is 454 g/mol. The van der Waals surface area contributed by atoms with Crippen LogP contribution in [0.3, 0.4) is 0 Å². The molecule has 1 aromatic carbocycles. The maximum Gasteiger partial charge on any atom is 0.328 e. The highest BCUT2D eigenvalue weighted by Crippen LogP contribution is 2.31. The van der Waals surface area contributed by atoms with Crippen molar-refractivity contribution in [2.75, 3.05) is 12.4 Å². The van der Waals surface area contributed by atoms with Crippen LogP contribution in [0.5, 0.6) is 5.75 Å². The summed E-state index contributed by atoms with van der Waals surface area (Å²) in [5.74, 6) is 0.125. The minimum atomic E-state index is -3.53. The van der Waals surface area contributed by atoms with Gasteiger partial charge in [0.25, 0.3) is 5.56 Å². The Kier molecular flexibility index (Phi) is 7.66. The number of rotatable bonds is 12. The van der Waals surface area contributed by atoms with Gasteiger partial charge >= 0.3 is 5.69 Å². The number of aryl methyl sites for hydroxylation is 1. The van der Waals surface area contributed by atoms with Crippen LogP contribution in [0.2, 0.25) is 0 Å². The Morgan fingerprint density at radius 1 is 1.23 bits per heavy atom. The first-order valence-corrected chi connectivity index (χ1v) is 12.1. The third-order valence-corrected chi connectivity index (χ3v) is 6.73. The molecule has 1 atom stereocenters. The standard InChI is InChI=1S/C21H28FN3O5S/c1-15(17-7-8-18(22)19(13-17)30-14-16-5-6-16)24-31(28,29)12-4-2-3-10-25-11-9-20(26)23-21(25)27/h7-9,11,13,15-16,24H,2-6,10,12,14H2,1H3,(H,23,26,27). The summed E-state index contributed by atoms with van der Waals surface area (Å²) in [4.78, 5) is 24.8. The summed E-state index contributed by atoms with van der Waals surface area (Å²) in [7, 11) is -3.53. The van der Waals surface area contributed by atoms with Crippen molar-refractivity contribution in [1.82, 2.24) is 14.3 Å². The van der Waals surface area contributed by atoms with E-state index in [1.807, 2.05) is 0 Å². The third-order valence-electron chi connectivity index (χ3n) is 5.19. The molecule has 3 rings (SSSR count). The second kappa shape index (κ2) is 10.2. The zero-order valence-corrected chi connectivity index (χ0v) is 18.3. The van der Waals surface area contributed by atoms with Crippen molar-refractivity contribution in [3.05, 3.63) is 62.7 Å². The van der Waals surface area contributed by atoms with Crippen LogP contribution in [-0.4, -0.2) is 30.3 Å². The first-order valence-electron chi connectivity index (χ1n) is 10.5. The summed E-state index contributed by atoms with van der Waals surface area (Å²) in [5, 5.41) is 0. The molecular formula is C21H28FN3O5S. The Morgan fingerprint density at radius 2 is 2.00 bits per heavy atom. The van der Waals surface area contributed by atoms with Crippen LogP contribution in [0.15, 0.2) is 40.1 Å². The number of H-pyrrole nitrogens is 1. The van der Waals surface area contributed by atoms with Crippen LogP contribution in [0.4, 0.5) is 4.39 Å². The lowest BCUT2D eigenvalue weighted by molar-refractivity contribution is 0.285. The zero-order valence-electron chi connectivity index (χ0n) is 17.5. The van der Waals surface area contributed by atoms with E-state index >= 15 is 0 Å². The lowest BCUT2D eigenvalue weighted by atomic mass is 10.1. The quantitative estimate of drug-likeness (QED) is 0.479. The number of aromatic amines is 1. The van der Waals surface area contributed by atoms with Gasteiger partial charge in [0, 0.05) is 24.8 Å². The largest absolute Gasteiger partial charge is 0.490 e. The van der Waals surface area contributed by atoms with Crippen molar-refractivity contribution in [1.29, 1.82) is 0 Å². The van der Waals surface area contributed by atoms with Crippen LogP contribution >= 0.6 is 0 Å². The summed E-state index contributed by atoms with van der Waals surface area (Å²) in [6.07, 6.45) is 5.26. The summed E-state index contributed by atoms with van der Waals surface area (Å²) in [5.41, 5.74) is -0.293. The molecule has 1 fully saturated rings. The SMILES string of the molecule is CC(NS(=O)(=O)CCCCCn1ccc(=O)[nH]c1=O)c1ccc(F)c(OCC2CC2)c1. The molecule has 0 amide bonds. The number of nitrogens with one attached hydrogen (secondary N) is 2. The number of benzene rings is 1. The van der Waals surface area contributed by atoms with Gasteiger partial charge in [0.2, 0.25) is 10.0 Å². The molecule has 0 spiro atoms. The number of sulfonamides is 1. The predicted octanol–water partition coefficient (Wildman–Crippen LogP) is 2.32. The van der Waals surface area contributed by atoms with Gasteiger partial charge in [0.15, 0.2) is 11.6 Å². The van der Waals surface area contributed by atoms with Crippen molar-refractivity contribution < 1.29 is 17.5 Å². The van der Waals surface area contributed by atoms with Gasteiger partial charge in [-0.2, -0.15) is 0 Å². The first-order chi connectivity index (χ1) is 14.7. The average Bonchev–Trinajstić information content (AvgIpc) is 3.52. The lowest BCUT2D eigenvalue weighted by Crippen LogP contribution is -2.29. The molecule has 0 aliphatic heterocycles. The van der Waals surface area contributed by atoms with Crippen LogP contribution in [-0.2, 0) is 16.6 Å². The van der Waals surface area contributed by atoms with Crippen molar-refractivity contribution >= 4 is 10.0 Å². The molecule has 0 saturated heterocycles. The van der Waals surface area contributed by atoms with Crippen LogP contribution < -0.4 is 20.7 Å². The summed E-state index contributed by atoms with van der Waals surface area (Å²) >= 11 is 0. The number of hydrogen-bond acceptors (Lipinski definition) is 5. The molecule has 8 nitrogen and oxygen atoms in total. The molecule has 2 N–H and O–H groups in total. The Bertz CT molecular complexity index is 1110. The third kappa shape index (κ3) is 7.32. The fourth-order valence-electron chi connectivity index (χ4n) is 3.16. The minimum absolute atomic E-state index is 0.0515. The molecule has 0 radical (unpaired) electrons. The Balaban J connectivity index is 1.45. The second-order valence-corrected chi connectivity index (χ2v) is 9.84. The number of hydrogen-bond donors (Lipinski definition) is 2. The molecule has 1 aromatic heterocycles. The summed E-state index contributed by atoms with van der Waals surface area (Å²) < 4.78 is 48.3. The topological polar surface area (TPSA) is 110 Å². The number of unbranched alkanes of at least 4 members (excludes halogenated alkanes) is 2. The van der Waals surface area contributed by atoms with Crippen molar-refractivity contribution in [2.45, 2.75) is 51.6 Å². The monoisotopic (exact) mass is 453 g/mol. The highest BCUT2D eigenvalue weighted by Gasteiger charge is 2.23. The Hall–Kier alpha value is -2.46. The van der Waals surface area contributed by atoms with Crippen molar-refractivity contribution in [2.24, 2.45) is 5.92 Å². The van der Waals surface area contributed by atoms with Gasteiger partial charge in [-0.1, -0.05) is 12.5 Å². The van der Waals surface area contributed by atoms with Gasteiger partial charge in [-0.15, -0.1) is 0 Å². The molecule has 1 heterocycles. The lowest BCUT2D eigenvalue weighted by Gasteiger charge is -2.16. The smallest absolute Gasteiger partial charge is 0.328 e. The molecular weight excluding hydrogens is 425 g/mol. The maximum absolute atomic E-state index is 13.9. The van der Waals surface area contributed by atoms with Gasteiger partial charge in [-0.05, 0) is 56.2 Å². The van der Waals surface area contributed by atoms with Crippen LogP contribution in [0.1, 0.15) is 50.6 Å². The predicted molar refractivity (Wildman–Crippen MR) is 115 cm³/mol. The van der Waals surface area contributed by atoms with E-state index in [0.717, 1.165) is 12.8 Å². The molecule has 31 heavy (non-hydrogen) atoms. The van der Waals surface area contributed by atoms with E-state index in [0.29, 0.717) is 43.9 Å². The normalized spacial score (nSPS) is 15.0. The molecule has 1 aliphatic rings. The number of halogens is 1. The van der Waals surface area contributed by atoms with Gasteiger partial charge in [0.1, 0.15) is 0 Å². The van der Waals surface area contributed by atoms with Crippen LogP contribution in [0, 0.1) is 11.7 Å². The highest BCUT2D eigenvalue weighted by molar-refractivity contribution is 7.89. The molecule has 0 bridgehead atoms. The van der Waals surface area contributed by atoms with E-state index in [2.05, 4.69) is 9.71 Å². The van der Waals surface area contributed by atoms with E-state index in [1.54, 1.807) is 19.1 Å². The molecule has 10 heteroatoms. The van der Waals surface area contributed by atoms with E-state index in [-0.39, 0.29) is 11.5 Å². The van der Waals surface area contributed by atoms with Crippen LogP contribution in [0.25, 0.3) is 0 Å². The van der Waals surface area contributed by atoms with E-state index in [1.165, 1.54) is 22.9 Å². The van der Waals surface area contributed by atoms with Gasteiger partial charge in [0.05, 0.1) is 12.4 Å². The number of ether oxygens (including phenoxy) is 1. The van der Waals surface area contributed by atoms with E-state index in [9.17, 15) is 22.4 Å². The first kappa shape index (κ1) is 23.2. The summed E-state index contributed by atoms with van der Waals surface area (Å²) in [6, 6.07) is 5.14. The number of aromatic nitrogens is 2. The Labute approximate surface area is 180 Å². The zero-order chi connectivity index (χ0) is 22.4. The molecule has 1 saturated carbocycles. The number of nitrogens with zero attached hydrogens (tertiary/aromatic N) is 1. The van der Waals surface area contributed by atoms with Gasteiger partial charge in [-0.3, -0.25) is 9.78 Å². The molecule has 2 aromatic rings. The Morgan fingerprint density at radius 3 is 2.71 bits per heavy atom. The molecule has 1 aliphatic carbocycles. The van der Waals surface area contributed by atoms with Crippen molar-refractivity contribution in [3.63, 3.8) is 0 Å². The van der Waals surface area contributed by atoms with E-state index in [4.69, 9.17) is 4.74 Å². The fraction of sp³-hybridized carbons (Fsp3) is 0.524. The molecule has 170 valence electrons. The fourth-order valence-corrected chi connectivity index (χ4v) is 4.54. The second-order valence-electron chi connectivity index (χ2n) is 7.97. The highest BCUT2D eigenvalue weighted by atomic mass is 32.2. The minimum Gasteiger partial charge on any atom is -0.490 e.